The van der Waals surface area contributed by atoms with Crippen molar-refractivity contribution in [2.75, 3.05) is 0 Å². The van der Waals surface area contributed by atoms with Gasteiger partial charge >= 0.3 is 0 Å². The largest absolute Gasteiger partial charge is 0.456 e. The molecule has 0 radical (unpaired) electrons. The van der Waals surface area contributed by atoms with Gasteiger partial charge in [0.2, 0.25) is 0 Å². The molecule has 3 aromatic heterocycles. The topological polar surface area (TPSA) is 69.6 Å². The fourth-order valence-electron chi connectivity index (χ4n) is 6.62. The van der Waals surface area contributed by atoms with E-state index >= 15 is 0 Å². The minimum absolute atomic E-state index is 0.806. The molecule has 0 aliphatic heterocycles. The molecule has 0 bridgehead atoms. The number of para-hydroxylation sites is 4. The second-order valence-corrected chi connectivity index (χ2v) is 11.6. The van der Waals surface area contributed by atoms with E-state index in [9.17, 15) is 0 Å². The normalized spacial score (nSPS) is 11.9. The average Bonchev–Trinajstić information content (AvgIpc) is 3.73. The maximum absolute atomic E-state index is 6.27. The second kappa shape index (κ2) is 9.55. The van der Waals surface area contributed by atoms with Crippen molar-refractivity contribution in [1.29, 1.82) is 0 Å². The van der Waals surface area contributed by atoms with Crippen LogP contribution >= 0.6 is 0 Å². The smallest absolute Gasteiger partial charge is 0.136 e. The summed E-state index contributed by atoms with van der Waals surface area (Å²) in [5, 5.41) is 16.4. The number of rotatable bonds is 3. The predicted molar refractivity (Wildman–Crippen MR) is 185 cm³/mol. The Balaban J connectivity index is 1.22. The van der Waals surface area contributed by atoms with Gasteiger partial charge in [0, 0.05) is 27.3 Å². The van der Waals surface area contributed by atoms with Crippen molar-refractivity contribution in [1.82, 2.24) is 25.0 Å². The van der Waals surface area contributed by atoms with Crippen LogP contribution in [0.15, 0.2) is 144 Å². The Kier molecular flexibility index (Phi) is 5.19. The van der Waals surface area contributed by atoms with Crippen molar-refractivity contribution >= 4 is 65.6 Å². The van der Waals surface area contributed by atoms with Gasteiger partial charge in [-0.05, 0) is 70.8 Å². The van der Waals surface area contributed by atoms with Crippen molar-refractivity contribution in [2.45, 2.75) is 0 Å². The summed E-state index contributed by atoms with van der Waals surface area (Å²) >= 11 is 0. The second-order valence-electron chi connectivity index (χ2n) is 11.6. The van der Waals surface area contributed by atoms with E-state index in [1.165, 1.54) is 0 Å². The highest BCUT2D eigenvalue weighted by molar-refractivity contribution is 6.19. The molecule has 0 amide bonds. The van der Waals surface area contributed by atoms with Gasteiger partial charge in [-0.3, -0.25) is 0 Å². The number of hydrogen-bond donors (Lipinski definition) is 0. The van der Waals surface area contributed by atoms with E-state index in [2.05, 4.69) is 60.7 Å². The van der Waals surface area contributed by atoms with Crippen LogP contribution < -0.4 is 0 Å². The minimum Gasteiger partial charge on any atom is -0.456 e. The summed E-state index contributed by atoms with van der Waals surface area (Å²) in [6.07, 6.45) is 0. The molecule has 7 aromatic carbocycles. The zero-order valence-corrected chi connectivity index (χ0v) is 24.4. The summed E-state index contributed by atoms with van der Waals surface area (Å²) in [6, 6.07) is 47.5. The summed E-state index contributed by atoms with van der Waals surface area (Å²) in [7, 11) is 0. The lowest BCUT2D eigenvalue weighted by molar-refractivity contribution is 0.669. The molecule has 0 atom stereocenters. The van der Waals surface area contributed by atoms with Crippen molar-refractivity contribution in [3.8, 4) is 28.2 Å². The number of benzene rings is 7. The molecule has 3 heterocycles. The van der Waals surface area contributed by atoms with Crippen LogP contribution in [0.2, 0.25) is 0 Å². The molecule has 46 heavy (non-hydrogen) atoms. The Morgan fingerprint density at radius 2 is 1.11 bits per heavy atom. The van der Waals surface area contributed by atoms with Crippen molar-refractivity contribution in [2.24, 2.45) is 0 Å². The van der Waals surface area contributed by atoms with Gasteiger partial charge in [0.15, 0.2) is 0 Å². The van der Waals surface area contributed by atoms with Crippen LogP contribution in [0, 0.1) is 0 Å². The van der Waals surface area contributed by atoms with Crippen LogP contribution in [-0.2, 0) is 0 Å². The van der Waals surface area contributed by atoms with Gasteiger partial charge in [0.25, 0.3) is 0 Å². The fraction of sp³-hybridized carbons (Fsp3) is 0. The number of hydrogen-bond acceptors (Lipinski definition) is 5. The van der Waals surface area contributed by atoms with Crippen molar-refractivity contribution in [3.63, 3.8) is 0 Å². The molecule has 214 valence electrons. The molecule has 0 saturated heterocycles. The van der Waals surface area contributed by atoms with Gasteiger partial charge in [0.1, 0.15) is 22.2 Å². The first kappa shape index (κ1) is 25.0. The quantitative estimate of drug-likeness (QED) is 0.192. The summed E-state index contributed by atoms with van der Waals surface area (Å²) in [5.74, 6) is 0. The third-order valence-electron chi connectivity index (χ3n) is 8.83. The van der Waals surface area contributed by atoms with E-state index in [1.807, 2.05) is 78.9 Å². The van der Waals surface area contributed by atoms with Crippen molar-refractivity contribution in [3.05, 3.63) is 140 Å². The molecular formula is C40H23N5O. The highest BCUT2D eigenvalue weighted by Crippen LogP contribution is 2.38. The minimum atomic E-state index is 0.806. The number of fused-ring (bicyclic) bond motifs is 9. The van der Waals surface area contributed by atoms with Gasteiger partial charge in [-0.2, -0.15) is 4.80 Å². The molecule has 0 aliphatic carbocycles. The molecule has 0 aliphatic rings. The molecule has 6 nitrogen and oxygen atoms in total. The third kappa shape index (κ3) is 3.77. The van der Waals surface area contributed by atoms with E-state index in [1.54, 1.807) is 4.80 Å². The third-order valence-corrected chi connectivity index (χ3v) is 8.83. The Morgan fingerprint density at radius 3 is 1.96 bits per heavy atom. The monoisotopic (exact) mass is 589 g/mol. The Hall–Kier alpha value is -6.40. The molecule has 0 saturated carbocycles. The van der Waals surface area contributed by atoms with Crippen molar-refractivity contribution < 1.29 is 4.42 Å². The standard InChI is InChI=1S/C40H23N5O/c1-2-8-28(9-3-1)45-43-34-21-19-25-16-14-24-15-17-26(22-31(24)37(25)40(34)44-45)38-39(42-33-12-6-5-11-32(33)41-38)27-18-20-30-29-10-4-7-13-35(29)46-36(30)23-27/h1-23H. The van der Waals surface area contributed by atoms with Crippen LogP contribution in [0.4, 0.5) is 0 Å². The molecule has 10 aromatic rings. The van der Waals surface area contributed by atoms with Gasteiger partial charge < -0.3 is 4.42 Å². The molecular weight excluding hydrogens is 566 g/mol. The van der Waals surface area contributed by atoms with E-state index in [-0.39, 0.29) is 0 Å². The number of aromatic nitrogens is 5. The average molecular weight is 590 g/mol. The zero-order valence-electron chi connectivity index (χ0n) is 24.4. The summed E-state index contributed by atoms with van der Waals surface area (Å²) in [4.78, 5) is 12.1. The Morgan fingerprint density at radius 1 is 0.457 bits per heavy atom. The number of nitrogens with zero attached hydrogens (tertiary/aromatic N) is 5. The van der Waals surface area contributed by atoms with Crippen LogP contribution in [0.3, 0.4) is 0 Å². The Bertz CT molecular complexity index is 2820. The van der Waals surface area contributed by atoms with E-state index in [0.29, 0.717) is 0 Å². The summed E-state index contributed by atoms with van der Waals surface area (Å²) in [6.45, 7) is 0. The van der Waals surface area contributed by atoms with Crippen LogP contribution in [-0.4, -0.2) is 25.0 Å². The SMILES string of the molecule is c1ccc(-n2nc3ccc4ccc5ccc(-c6nc7ccccc7nc6-c6ccc7c(c6)oc6ccccc67)cc5c4c3n2)cc1. The molecule has 6 heteroatoms. The highest BCUT2D eigenvalue weighted by atomic mass is 16.3. The van der Waals surface area contributed by atoms with E-state index < -0.39 is 0 Å². The molecule has 0 fully saturated rings. The van der Waals surface area contributed by atoms with E-state index in [0.717, 1.165) is 93.8 Å². The maximum atomic E-state index is 6.27. The molecule has 0 N–H and O–H groups in total. The lowest BCUT2D eigenvalue weighted by Crippen LogP contribution is -1.97. The predicted octanol–water partition coefficient (Wildman–Crippen LogP) is 9.90. The van der Waals surface area contributed by atoms with Gasteiger partial charge in [-0.25, -0.2) is 9.97 Å². The van der Waals surface area contributed by atoms with Gasteiger partial charge in [0.05, 0.1) is 28.1 Å². The number of furan rings is 1. The van der Waals surface area contributed by atoms with Crippen LogP contribution in [0.1, 0.15) is 0 Å². The molecule has 10 rings (SSSR count). The zero-order chi connectivity index (χ0) is 30.2. The van der Waals surface area contributed by atoms with Crippen LogP contribution in [0.5, 0.6) is 0 Å². The maximum Gasteiger partial charge on any atom is 0.136 e. The van der Waals surface area contributed by atoms with E-state index in [4.69, 9.17) is 24.6 Å². The first-order valence-electron chi connectivity index (χ1n) is 15.2. The highest BCUT2D eigenvalue weighted by Gasteiger charge is 2.18. The lowest BCUT2D eigenvalue weighted by atomic mass is 9.96. The van der Waals surface area contributed by atoms with Gasteiger partial charge in [-0.15, -0.1) is 10.2 Å². The molecule has 0 spiro atoms. The first-order chi connectivity index (χ1) is 22.8. The first-order valence-corrected chi connectivity index (χ1v) is 15.2. The summed E-state index contributed by atoms with van der Waals surface area (Å²) in [5.41, 5.74) is 9.57. The summed E-state index contributed by atoms with van der Waals surface area (Å²) < 4.78 is 6.27. The fourth-order valence-corrected chi connectivity index (χ4v) is 6.62. The Labute approximate surface area is 262 Å². The van der Waals surface area contributed by atoms with Crippen LogP contribution in [0.25, 0.3) is 93.8 Å². The molecule has 0 unspecified atom stereocenters. The lowest BCUT2D eigenvalue weighted by Gasteiger charge is -2.12. The van der Waals surface area contributed by atoms with Gasteiger partial charge in [-0.1, -0.05) is 84.9 Å².